The molecule has 92 valence electrons. The highest BCUT2D eigenvalue weighted by atomic mass is 16.5. The summed E-state index contributed by atoms with van der Waals surface area (Å²) in [5.74, 6) is 0.397. The van der Waals surface area contributed by atoms with Gasteiger partial charge in [-0.1, -0.05) is 19.8 Å². The lowest BCUT2D eigenvalue weighted by Crippen LogP contribution is -2.10. The van der Waals surface area contributed by atoms with Gasteiger partial charge in [0.25, 0.3) is 0 Å². The van der Waals surface area contributed by atoms with E-state index in [1.807, 2.05) is 13.0 Å². The number of carbonyl (C=O) groups excluding carboxylic acids is 1. The van der Waals surface area contributed by atoms with Crippen molar-refractivity contribution in [1.29, 1.82) is 0 Å². The van der Waals surface area contributed by atoms with Crippen molar-refractivity contribution < 1.29 is 9.53 Å². The standard InChI is InChI=1S/C14H19NO2/c1-3-5-10-8-11-6-7-15-13(12(11)9-10)14(16)17-4-2/h6-7,10H,3-5,8-9H2,1-2H3/t10-/m1/s1. The Morgan fingerprint density at radius 3 is 3.00 bits per heavy atom. The molecule has 1 atom stereocenters. The van der Waals surface area contributed by atoms with Gasteiger partial charge in [-0.25, -0.2) is 9.78 Å². The van der Waals surface area contributed by atoms with Crippen molar-refractivity contribution in [2.75, 3.05) is 6.61 Å². The quantitative estimate of drug-likeness (QED) is 0.751. The van der Waals surface area contributed by atoms with E-state index in [0.717, 1.165) is 18.4 Å². The van der Waals surface area contributed by atoms with Crippen molar-refractivity contribution in [1.82, 2.24) is 4.98 Å². The molecule has 3 nitrogen and oxygen atoms in total. The number of fused-ring (bicyclic) bond motifs is 1. The lowest BCUT2D eigenvalue weighted by molar-refractivity contribution is 0.0518. The van der Waals surface area contributed by atoms with E-state index < -0.39 is 0 Å². The van der Waals surface area contributed by atoms with Crippen molar-refractivity contribution in [3.8, 4) is 0 Å². The van der Waals surface area contributed by atoms with E-state index in [1.54, 1.807) is 6.20 Å². The Morgan fingerprint density at radius 1 is 1.47 bits per heavy atom. The first-order valence-electron chi connectivity index (χ1n) is 6.40. The lowest BCUT2D eigenvalue weighted by Gasteiger charge is -2.06. The minimum absolute atomic E-state index is 0.276. The zero-order chi connectivity index (χ0) is 12.3. The van der Waals surface area contributed by atoms with Crippen molar-refractivity contribution in [3.63, 3.8) is 0 Å². The van der Waals surface area contributed by atoms with Crippen LogP contribution in [-0.4, -0.2) is 17.6 Å². The summed E-state index contributed by atoms with van der Waals surface area (Å²) in [5.41, 5.74) is 2.92. The number of esters is 1. The molecule has 0 saturated carbocycles. The number of aromatic nitrogens is 1. The van der Waals surface area contributed by atoms with Crippen molar-refractivity contribution in [2.24, 2.45) is 5.92 Å². The fourth-order valence-electron chi connectivity index (χ4n) is 2.61. The molecule has 0 fully saturated rings. The van der Waals surface area contributed by atoms with Gasteiger partial charge in [0, 0.05) is 6.20 Å². The fourth-order valence-corrected chi connectivity index (χ4v) is 2.61. The first-order chi connectivity index (χ1) is 8.26. The van der Waals surface area contributed by atoms with Gasteiger partial charge < -0.3 is 4.74 Å². The lowest BCUT2D eigenvalue weighted by atomic mass is 10.0. The van der Waals surface area contributed by atoms with Crippen LogP contribution in [-0.2, 0) is 17.6 Å². The van der Waals surface area contributed by atoms with Gasteiger partial charge in [0.2, 0.25) is 0 Å². The highest BCUT2D eigenvalue weighted by Crippen LogP contribution is 2.31. The number of ether oxygens (including phenoxy) is 1. The molecule has 0 spiro atoms. The van der Waals surface area contributed by atoms with Crippen LogP contribution in [0.3, 0.4) is 0 Å². The molecular weight excluding hydrogens is 214 g/mol. The third-order valence-electron chi connectivity index (χ3n) is 3.32. The van der Waals surface area contributed by atoms with Gasteiger partial charge in [0.05, 0.1) is 6.61 Å². The molecule has 2 rings (SSSR count). The van der Waals surface area contributed by atoms with Crippen LogP contribution in [0.2, 0.25) is 0 Å². The number of hydrogen-bond acceptors (Lipinski definition) is 3. The van der Waals surface area contributed by atoms with Crippen LogP contribution in [0.25, 0.3) is 0 Å². The smallest absolute Gasteiger partial charge is 0.357 e. The van der Waals surface area contributed by atoms with E-state index in [4.69, 9.17) is 4.74 Å². The Balaban J connectivity index is 2.22. The Hall–Kier alpha value is -1.38. The summed E-state index contributed by atoms with van der Waals surface area (Å²) in [6.45, 7) is 4.43. The number of pyridine rings is 1. The van der Waals surface area contributed by atoms with Gasteiger partial charge in [-0.2, -0.15) is 0 Å². The summed E-state index contributed by atoms with van der Waals surface area (Å²) < 4.78 is 5.05. The van der Waals surface area contributed by atoms with Crippen LogP contribution in [0.4, 0.5) is 0 Å². The predicted molar refractivity (Wildman–Crippen MR) is 66.0 cm³/mol. The molecule has 3 heteroatoms. The van der Waals surface area contributed by atoms with E-state index in [1.165, 1.54) is 18.4 Å². The molecule has 0 amide bonds. The Bertz CT molecular complexity index is 415. The summed E-state index contributed by atoms with van der Waals surface area (Å²) in [6, 6.07) is 2.04. The van der Waals surface area contributed by atoms with Crippen LogP contribution in [0, 0.1) is 5.92 Å². The maximum absolute atomic E-state index is 11.8. The van der Waals surface area contributed by atoms with Gasteiger partial charge >= 0.3 is 5.97 Å². The maximum atomic E-state index is 11.8. The molecule has 0 aliphatic heterocycles. The summed E-state index contributed by atoms with van der Waals surface area (Å²) in [7, 11) is 0. The fraction of sp³-hybridized carbons (Fsp3) is 0.571. The third kappa shape index (κ3) is 2.48. The molecule has 0 radical (unpaired) electrons. The largest absolute Gasteiger partial charge is 0.461 e. The first-order valence-corrected chi connectivity index (χ1v) is 6.40. The van der Waals surface area contributed by atoms with Crippen LogP contribution in [0.1, 0.15) is 48.3 Å². The molecule has 1 aliphatic rings. The van der Waals surface area contributed by atoms with Crippen molar-refractivity contribution in [2.45, 2.75) is 39.5 Å². The molecule has 0 N–H and O–H groups in total. The number of rotatable bonds is 4. The zero-order valence-corrected chi connectivity index (χ0v) is 10.5. The molecule has 17 heavy (non-hydrogen) atoms. The van der Waals surface area contributed by atoms with Gasteiger partial charge in [-0.05, 0) is 42.9 Å². The summed E-state index contributed by atoms with van der Waals surface area (Å²) >= 11 is 0. The highest BCUT2D eigenvalue weighted by molar-refractivity contribution is 5.89. The van der Waals surface area contributed by atoms with E-state index in [9.17, 15) is 4.79 Å². The average molecular weight is 233 g/mol. The van der Waals surface area contributed by atoms with Crippen LogP contribution in [0.15, 0.2) is 12.3 Å². The number of carbonyl (C=O) groups is 1. The summed E-state index contributed by atoms with van der Waals surface area (Å²) in [5, 5.41) is 0. The van der Waals surface area contributed by atoms with Gasteiger partial charge in [0.15, 0.2) is 5.69 Å². The molecule has 1 aromatic heterocycles. The Labute approximate surface area is 102 Å². The summed E-state index contributed by atoms with van der Waals surface area (Å²) in [6.07, 6.45) is 6.19. The van der Waals surface area contributed by atoms with Crippen molar-refractivity contribution >= 4 is 5.97 Å². The van der Waals surface area contributed by atoms with E-state index in [0.29, 0.717) is 18.2 Å². The minimum Gasteiger partial charge on any atom is -0.461 e. The molecule has 0 bridgehead atoms. The van der Waals surface area contributed by atoms with Gasteiger partial charge in [-0.3, -0.25) is 0 Å². The average Bonchev–Trinajstić information content (AvgIpc) is 2.71. The first kappa shape index (κ1) is 12.1. The van der Waals surface area contributed by atoms with Gasteiger partial charge in [-0.15, -0.1) is 0 Å². The molecule has 0 unspecified atom stereocenters. The SMILES string of the molecule is CCC[C@@H]1Cc2ccnc(C(=O)OCC)c2C1. The normalized spacial score (nSPS) is 17.9. The second-order valence-corrected chi connectivity index (χ2v) is 4.58. The second kappa shape index (κ2) is 5.30. The molecule has 0 saturated heterocycles. The molecule has 1 aromatic rings. The third-order valence-corrected chi connectivity index (χ3v) is 3.32. The highest BCUT2D eigenvalue weighted by Gasteiger charge is 2.26. The Kier molecular flexibility index (Phi) is 3.77. The minimum atomic E-state index is -0.276. The monoisotopic (exact) mass is 233 g/mol. The topological polar surface area (TPSA) is 39.2 Å². The van der Waals surface area contributed by atoms with Crippen LogP contribution in [0.5, 0.6) is 0 Å². The van der Waals surface area contributed by atoms with Crippen LogP contribution >= 0.6 is 0 Å². The zero-order valence-electron chi connectivity index (χ0n) is 10.5. The second-order valence-electron chi connectivity index (χ2n) is 4.58. The number of hydrogen-bond donors (Lipinski definition) is 0. The van der Waals surface area contributed by atoms with Crippen molar-refractivity contribution in [3.05, 3.63) is 29.1 Å². The molecule has 0 aromatic carbocycles. The maximum Gasteiger partial charge on any atom is 0.357 e. The van der Waals surface area contributed by atoms with E-state index in [2.05, 4.69) is 11.9 Å². The molecular formula is C14H19NO2. The molecule has 1 aliphatic carbocycles. The van der Waals surface area contributed by atoms with E-state index >= 15 is 0 Å². The van der Waals surface area contributed by atoms with E-state index in [-0.39, 0.29) is 5.97 Å². The Morgan fingerprint density at radius 2 is 2.29 bits per heavy atom. The summed E-state index contributed by atoms with van der Waals surface area (Å²) in [4.78, 5) is 16.0. The molecule has 1 heterocycles. The number of nitrogens with zero attached hydrogens (tertiary/aromatic N) is 1. The van der Waals surface area contributed by atoms with Crippen LogP contribution < -0.4 is 0 Å². The predicted octanol–water partition coefficient (Wildman–Crippen LogP) is 2.77. The van der Waals surface area contributed by atoms with Gasteiger partial charge in [0.1, 0.15) is 0 Å².